The molecule has 1 aromatic rings. The van der Waals surface area contributed by atoms with Gasteiger partial charge >= 0.3 is 6.18 Å². The topological polar surface area (TPSA) is 73.8 Å². The highest BCUT2D eigenvalue weighted by Crippen LogP contribution is 2.29. The molecule has 0 fully saturated rings. The highest BCUT2D eigenvalue weighted by Gasteiger charge is 2.30. The molecule has 27 heavy (non-hydrogen) atoms. The summed E-state index contributed by atoms with van der Waals surface area (Å²) >= 11 is 0. The van der Waals surface area contributed by atoms with Crippen molar-refractivity contribution in [3.8, 4) is 0 Å². The standard InChI is InChI=1S/C16H25F3N4O2S.HI/c1-15(2,22-26(5,24)25)11-21-14(20-3)23(4)10-12-6-8-13(9-7-12)16(17,18)19;/h6-9,22H,10-11H2,1-5H3,(H,20,21);1H. The summed E-state index contributed by atoms with van der Waals surface area (Å²) in [5.41, 5.74) is -0.740. The van der Waals surface area contributed by atoms with Crippen molar-refractivity contribution in [1.82, 2.24) is 14.9 Å². The van der Waals surface area contributed by atoms with Crippen molar-refractivity contribution in [2.75, 3.05) is 26.9 Å². The molecule has 0 atom stereocenters. The second-order valence-electron chi connectivity index (χ2n) is 6.71. The van der Waals surface area contributed by atoms with Crippen molar-refractivity contribution in [1.29, 1.82) is 0 Å². The van der Waals surface area contributed by atoms with Crippen molar-refractivity contribution in [3.05, 3.63) is 35.4 Å². The molecule has 2 N–H and O–H groups in total. The Bertz CT molecular complexity index is 735. The van der Waals surface area contributed by atoms with E-state index in [2.05, 4.69) is 15.0 Å². The zero-order valence-electron chi connectivity index (χ0n) is 15.9. The average Bonchev–Trinajstić information content (AvgIpc) is 2.44. The molecule has 11 heteroatoms. The van der Waals surface area contributed by atoms with Crippen LogP contribution in [0.5, 0.6) is 0 Å². The van der Waals surface area contributed by atoms with Crippen LogP contribution in [0.2, 0.25) is 0 Å². The smallest absolute Gasteiger partial charge is 0.354 e. The number of halogens is 4. The predicted octanol–water partition coefficient (Wildman–Crippen LogP) is 2.66. The molecule has 0 aliphatic carbocycles. The molecule has 6 nitrogen and oxygen atoms in total. The van der Waals surface area contributed by atoms with Gasteiger partial charge in [-0.25, -0.2) is 13.1 Å². The van der Waals surface area contributed by atoms with Gasteiger partial charge in [-0.2, -0.15) is 13.2 Å². The fourth-order valence-corrected chi connectivity index (χ4v) is 3.45. The molecule has 0 heterocycles. The van der Waals surface area contributed by atoms with Crippen LogP contribution in [-0.2, 0) is 22.7 Å². The van der Waals surface area contributed by atoms with E-state index < -0.39 is 27.3 Å². The summed E-state index contributed by atoms with van der Waals surface area (Å²) in [6.07, 6.45) is -3.28. The molecule has 1 rings (SSSR count). The monoisotopic (exact) mass is 522 g/mol. The summed E-state index contributed by atoms with van der Waals surface area (Å²) in [6, 6.07) is 4.92. The minimum Gasteiger partial charge on any atom is -0.354 e. The normalized spacial score (nSPS) is 13.1. The van der Waals surface area contributed by atoms with Gasteiger partial charge in [0.25, 0.3) is 0 Å². The van der Waals surface area contributed by atoms with Gasteiger partial charge in [0.05, 0.1) is 11.8 Å². The Morgan fingerprint density at radius 2 is 1.70 bits per heavy atom. The Kier molecular flexibility index (Phi) is 9.52. The van der Waals surface area contributed by atoms with Gasteiger partial charge in [0.1, 0.15) is 0 Å². The molecular formula is C16H26F3IN4O2S. The molecule has 0 amide bonds. The molecule has 0 aliphatic heterocycles. The van der Waals surface area contributed by atoms with Crippen molar-refractivity contribution >= 4 is 40.0 Å². The van der Waals surface area contributed by atoms with Crippen LogP contribution >= 0.6 is 24.0 Å². The number of alkyl halides is 3. The molecule has 0 spiro atoms. The van der Waals surface area contributed by atoms with Crippen LogP contribution in [0.4, 0.5) is 13.2 Å². The number of sulfonamides is 1. The Hall–Kier alpha value is -1.08. The Balaban J connectivity index is 0.00000676. The second kappa shape index (κ2) is 9.92. The largest absolute Gasteiger partial charge is 0.416 e. The number of hydrogen-bond acceptors (Lipinski definition) is 3. The van der Waals surface area contributed by atoms with Crippen molar-refractivity contribution in [3.63, 3.8) is 0 Å². The first kappa shape index (κ1) is 25.9. The fourth-order valence-electron chi connectivity index (χ4n) is 2.37. The SMILES string of the molecule is CN=C(NCC(C)(C)NS(C)(=O)=O)N(C)Cc1ccc(C(F)(F)F)cc1.I. The number of nitrogens with zero attached hydrogens (tertiary/aromatic N) is 2. The highest BCUT2D eigenvalue weighted by molar-refractivity contribution is 14.0. The van der Waals surface area contributed by atoms with E-state index in [4.69, 9.17) is 0 Å². The van der Waals surface area contributed by atoms with Crippen molar-refractivity contribution in [2.45, 2.75) is 32.1 Å². The number of benzene rings is 1. The van der Waals surface area contributed by atoms with Crippen LogP contribution in [0.25, 0.3) is 0 Å². The maximum Gasteiger partial charge on any atom is 0.416 e. The Labute approximate surface area is 175 Å². The number of rotatable bonds is 6. The number of nitrogens with one attached hydrogen (secondary N) is 2. The Morgan fingerprint density at radius 1 is 1.19 bits per heavy atom. The predicted molar refractivity (Wildman–Crippen MR) is 112 cm³/mol. The lowest BCUT2D eigenvalue weighted by molar-refractivity contribution is -0.137. The van der Waals surface area contributed by atoms with Crippen molar-refractivity contribution < 1.29 is 21.6 Å². The van der Waals surface area contributed by atoms with E-state index in [1.165, 1.54) is 12.1 Å². The first-order valence-electron chi connectivity index (χ1n) is 7.80. The maximum absolute atomic E-state index is 12.6. The zero-order valence-corrected chi connectivity index (χ0v) is 19.0. The number of aliphatic imine (C=N–C) groups is 1. The lowest BCUT2D eigenvalue weighted by Gasteiger charge is -2.29. The molecule has 156 valence electrons. The zero-order chi connectivity index (χ0) is 20.2. The maximum atomic E-state index is 12.6. The van der Waals surface area contributed by atoms with E-state index in [-0.39, 0.29) is 30.5 Å². The lowest BCUT2D eigenvalue weighted by Crippen LogP contribution is -2.53. The first-order chi connectivity index (χ1) is 11.7. The van der Waals surface area contributed by atoms with E-state index in [1.54, 1.807) is 32.8 Å². The summed E-state index contributed by atoms with van der Waals surface area (Å²) in [5.74, 6) is 0.494. The average molecular weight is 522 g/mol. The third-order valence-corrected chi connectivity index (χ3v) is 4.35. The van der Waals surface area contributed by atoms with E-state index in [0.29, 0.717) is 18.1 Å². The molecule has 0 bridgehead atoms. The fraction of sp³-hybridized carbons (Fsp3) is 0.562. The van der Waals surface area contributed by atoms with E-state index in [0.717, 1.165) is 18.4 Å². The van der Waals surface area contributed by atoms with Crippen LogP contribution in [0.15, 0.2) is 29.3 Å². The van der Waals surface area contributed by atoms with Crippen LogP contribution in [0, 0.1) is 0 Å². The molecule has 1 aromatic carbocycles. The molecule has 0 saturated heterocycles. The van der Waals surface area contributed by atoms with Gasteiger partial charge in [-0.15, -0.1) is 24.0 Å². The quantitative estimate of drug-likeness (QED) is 0.343. The number of guanidine groups is 1. The summed E-state index contributed by atoms with van der Waals surface area (Å²) in [4.78, 5) is 5.85. The number of hydrogen-bond donors (Lipinski definition) is 2. The first-order valence-corrected chi connectivity index (χ1v) is 9.69. The molecule has 0 aromatic heterocycles. The summed E-state index contributed by atoms with van der Waals surface area (Å²) in [7, 11) is -0.0447. The second-order valence-corrected chi connectivity index (χ2v) is 8.46. The molecule has 0 saturated carbocycles. The molecule has 0 radical (unpaired) electrons. The van der Waals surface area contributed by atoms with Gasteiger partial charge in [0.15, 0.2) is 5.96 Å². The van der Waals surface area contributed by atoms with Gasteiger partial charge in [-0.05, 0) is 31.5 Å². The third-order valence-electron chi connectivity index (χ3n) is 3.42. The van der Waals surface area contributed by atoms with Gasteiger partial charge < -0.3 is 10.2 Å². The molecule has 0 aliphatic rings. The van der Waals surface area contributed by atoms with Crippen LogP contribution in [0.3, 0.4) is 0 Å². The van der Waals surface area contributed by atoms with E-state index in [1.807, 2.05) is 0 Å². The minimum absolute atomic E-state index is 0. The van der Waals surface area contributed by atoms with Gasteiger partial charge in [0, 0.05) is 32.7 Å². The van der Waals surface area contributed by atoms with Crippen LogP contribution in [-0.4, -0.2) is 51.7 Å². The van der Waals surface area contributed by atoms with Crippen LogP contribution < -0.4 is 10.0 Å². The van der Waals surface area contributed by atoms with Crippen molar-refractivity contribution in [2.24, 2.45) is 4.99 Å². The molecular weight excluding hydrogens is 496 g/mol. The van der Waals surface area contributed by atoms with Gasteiger partial charge in [-0.3, -0.25) is 4.99 Å². The highest BCUT2D eigenvalue weighted by atomic mass is 127. The molecule has 0 unspecified atom stereocenters. The summed E-state index contributed by atoms with van der Waals surface area (Å²) in [6.45, 7) is 4.08. The van der Waals surface area contributed by atoms with E-state index in [9.17, 15) is 21.6 Å². The third kappa shape index (κ3) is 9.60. The minimum atomic E-state index is -4.36. The van der Waals surface area contributed by atoms with E-state index >= 15 is 0 Å². The Morgan fingerprint density at radius 3 is 2.11 bits per heavy atom. The summed E-state index contributed by atoms with van der Waals surface area (Å²) < 4.78 is 63.1. The van der Waals surface area contributed by atoms with Gasteiger partial charge in [0.2, 0.25) is 10.0 Å². The van der Waals surface area contributed by atoms with Crippen LogP contribution in [0.1, 0.15) is 25.0 Å². The summed E-state index contributed by atoms with van der Waals surface area (Å²) in [5, 5.41) is 3.06. The lowest BCUT2D eigenvalue weighted by atomic mass is 10.1. The van der Waals surface area contributed by atoms with Gasteiger partial charge in [-0.1, -0.05) is 12.1 Å².